The summed E-state index contributed by atoms with van der Waals surface area (Å²) in [6.45, 7) is 8.02. The van der Waals surface area contributed by atoms with Crippen molar-refractivity contribution in [3.8, 4) is 0 Å². The van der Waals surface area contributed by atoms with Gasteiger partial charge in [-0.15, -0.1) is 0 Å². The number of benzene rings is 2. The average Bonchev–Trinajstić information content (AvgIpc) is 2.86. The van der Waals surface area contributed by atoms with Crippen LogP contribution in [0.2, 0.25) is 10.0 Å². The van der Waals surface area contributed by atoms with Crippen molar-refractivity contribution in [2.75, 3.05) is 36.4 Å². The number of aromatic nitrogens is 2. The first-order valence-electron chi connectivity index (χ1n) is 13.9. The van der Waals surface area contributed by atoms with E-state index in [-0.39, 0.29) is 6.04 Å². The number of piperidine rings is 1. The van der Waals surface area contributed by atoms with Crippen molar-refractivity contribution in [3.05, 3.63) is 58.1 Å². The summed E-state index contributed by atoms with van der Waals surface area (Å²) in [6, 6.07) is 14.0. The van der Waals surface area contributed by atoms with Crippen LogP contribution >= 0.6 is 23.2 Å². The van der Waals surface area contributed by atoms with Gasteiger partial charge in [-0.25, -0.2) is 4.98 Å². The minimum absolute atomic E-state index is 0.0622. The largest absolute Gasteiger partial charge is 0.481 e. The van der Waals surface area contributed by atoms with Crippen molar-refractivity contribution < 1.29 is 9.90 Å². The Labute approximate surface area is 239 Å². The minimum atomic E-state index is -0.656. The van der Waals surface area contributed by atoms with E-state index >= 15 is 0 Å². The van der Waals surface area contributed by atoms with E-state index in [0.717, 1.165) is 67.3 Å². The molecule has 2 aromatic carbocycles. The summed E-state index contributed by atoms with van der Waals surface area (Å²) in [5, 5.41) is 15.3. The smallest absolute Gasteiger partial charge is 0.309 e. The zero-order valence-electron chi connectivity index (χ0n) is 22.4. The van der Waals surface area contributed by atoms with E-state index in [1.165, 1.54) is 12.8 Å². The quantitative estimate of drug-likeness (QED) is 0.336. The number of aliphatic carboxylic acids is 1. The first-order valence-corrected chi connectivity index (χ1v) is 14.7. The maximum Gasteiger partial charge on any atom is 0.309 e. The molecule has 2 saturated heterocycles. The Morgan fingerprint density at radius 2 is 1.87 bits per heavy atom. The molecule has 3 aromatic rings. The summed E-state index contributed by atoms with van der Waals surface area (Å²) in [7, 11) is 0. The maximum atomic E-state index is 11.5. The molecule has 3 heterocycles. The number of carbonyl (C=O) groups is 1. The lowest BCUT2D eigenvalue weighted by molar-refractivity contribution is -0.158. The second-order valence-electron chi connectivity index (χ2n) is 11.9. The summed E-state index contributed by atoms with van der Waals surface area (Å²) < 4.78 is 0. The van der Waals surface area contributed by atoms with Crippen molar-refractivity contribution >= 4 is 51.8 Å². The number of fused-ring (bicyclic) bond motifs is 1. The van der Waals surface area contributed by atoms with Gasteiger partial charge in [0.25, 0.3) is 0 Å². The van der Waals surface area contributed by atoms with E-state index < -0.39 is 11.4 Å². The van der Waals surface area contributed by atoms with Gasteiger partial charge in [0.2, 0.25) is 5.95 Å². The molecule has 39 heavy (non-hydrogen) atoms. The molecule has 2 unspecified atom stereocenters. The van der Waals surface area contributed by atoms with Gasteiger partial charge >= 0.3 is 5.97 Å². The Morgan fingerprint density at radius 3 is 2.62 bits per heavy atom. The van der Waals surface area contributed by atoms with Gasteiger partial charge in [0.05, 0.1) is 17.0 Å². The summed E-state index contributed by atoms with van der Waals surface area (Å²) >= 11 is 12.6. The molecule has 0 bridgehead atoms. The fraction of sp³-hybridized carbons (Fsp3) is 0.500. The average molecular weight is 569 g/mol. The summed E-state index contributed by atoms with van der Waals surface area (Å²) in [5.41, 5.74) is 1.34. The van der Waals surface area contributed by atoms with E-state index in [2.05, 4.69) is 22.0 Å². The molecule has 0 radical (unpaired) electrons. The van der Waals surface area contributed by atoms with Crippen LogP contribution in [-0.4, -0.2) is 58.2 Å². The van der Waals surface area contributed by atoms with Crippen LogP contribution in [0.3, 0.4) is 0 Å². The van der Waals surface area contributed by atoms with Gasteiger partial charge in [0.1, 0.15) is 5.82 Å². The Morgan fingerprint density at radius 1 is 1.10 bits per heavy atom. The third-order valence-electron chi connectivity index (χ3n) is 9.13. The van der Waals surface area contributed by atoms with Crippen LogP contribution in [0.15, 0.2) is 42.5 Å². The maximum absolute atomic E-state index is 11.5. The van der Waals surface area contributed by atoms with E-state index in [1.54, 1.807) is 6.07 Å². The number of nitrogens with one attached hydrogen (secondary N) is 1. The number of carboxylic acids is 1. The van der Waals surface area contributed by atoms with Gasteiger partial charge in [-0.2, -0.15) is 4.98 Å². The number of anilines is 2. The molecule has 6 rings (SSSR count). The van der Waals surface area contributed by atoms with Crippen molar-refractivity contribution in [1.82, 2.24) is 14.9 Å². The van der Waals surface area contributed by atoms with Gasteiger partial charge in [-0.05, 0) is 87.7 Å². The SMILES string of the molecule is CC(Nc1nc(N2CC(C3CCCN(C4CC(C)(C(=O)O)C4)C3)C2)nc2ccccc12)c1ccc(Cl)cc1Cl. The third-order valence-corrected chi connectivity index (χ3v) is 9.69. The van der Waals surface area contributed by atoms with Gasteiger partial charge in [0.15, 0.2) is 0 Å². The molecular formula is C30H35Cl2N5O2. The number of hydrogen-bond donors (Lipinski definition) is 2. The molecule has 2 atom stereocenters. The number of carboxylic acid groups (broad SMARTS) is 1. The predicted octanol–water partition coefficient (Wildman–Crippen LogP) is 6.51. The molecule has 206 valence electrons. The van der Waals surface area contributed by atoms with E-state index in [9.17, 15) is 9.90 Å². The second kappa shape index (κ2) is 10.4. The van der Waals surface area contributed by atoms with E-state index in [1.807, 2.05) is 43.3 Å². The van der Waals surface area contributed by atoms with Gasteiger partial charge < -0.3 is 20.2 Å². The number of nitrogens with zero attached hydrogens (tertiary/aromatic N) is 4. The topological polar surface area (TPSA) is 81.6 Å². The van der Waals surface area contributed by atoms with Crippen LogP contribution in [0.1, 0.15) is 51.1 Å². The lowest BCUT2D eigenvalue weighted by atomic mass is 9.65. The standard InChI is InChI=1S/C30H35Cl2N5O2/c1-18(23-10-9-21(31)12-25(23)32)33-27-24-7-3-4-8-26(24)34-29(35-27)37-16-20(17-37)19-6-5-11-36(15-19)22-13-30(2,14-22)28(38)39/h3-4,7-10,12,18-20,22H,5-6,11,13-17H2,1-2H3,(H,38,39)(H,33,34,35). The highest BCUT2D eigenvalue weighted by Crippen LogP contribution is 2.45. The molecule has 7 nitrogen and oxygen atoms in total. The number of hydrogen-bond acceptors (Lipinski definition) is 6. The molecule has 0 amide bonds. The lowest BCUT2D eigenvalue weighted by Gasteiger charge is -2.52. The molecule has 1 aromatic heterocycles. The monoisotopic (exact) mass is 567 g/mol. The number of likely N-dealkylation sites (tertiary alicyclic amines) is 1. The number of halogens is 2. The molecular weight excluding hydrogens is 533 g/mol. The molecule has 1 aliphatic carbocycles. The van der Waals surface area contributed by atoms with Crippen LogP contribution in [0.4, 0.5) is 11.8 Å². The summed E-state index contributed by atoms with van der Waals surface area (Å²) in [5.74, 6) is 2.14. The van der Waals surface area contributed by atoms with Gasteiger partial charge in [-0.1, -0.05) is 41.4 Å². The number of para-hydroxylation sites is 1. The van der Waals surface area contributed by atoms with Crippen molar-refractivity contribution in [2.45, 2.75) is 51.6 Å². The fourth-order valence-corrected chi connectivity index (χ4v) is 7.17. The van der Waals surface area contributed by atoms with Crippen LogP contribution in [-0.2, 0) is 4.79 Å². The second-order valence-corrected chi connectivity index (χ2v) is 12.8. The Balaban J connectivity index is 1.14. The van der Waals surface area contributed by atoms with Crippen molar-refractivity contribution in [3.63, 3.8) is 0 Å². The molecule has 2 N–H and O–H groups in total. The number of rotatable bonds is 7. The first kappa shape index (κ1) is 26.6. The first-order chi connectivity index (χ1) is 18.7. The van der Waals surface area contributed by atoms with Crippen LogP contribution in [0.5, 0.6) is 0 Å². The predicted molar refractivity (Wildman–Crippen MR) is 157 cm³/mol. The highest BCUT2D eigenvalue weighted by molar-refractivity contribution is 6.35. The third kappa shape index (κ3) is 5.17. The van der Waals surface area contributed by atoms with Crippen LogP contribution in [0, 0.1) is 17.3 Å². The lowest BCUT2D eigenvalue weighted by Crippen LogP contribution is -2.58. The minimum Gasteiger partial charge on any atom is -0.481 e. The Hall–Kier alpha value is -2.61. The molecule has 0 spiro atoms. The summed E-state index contributed by atoms with van der Waals surface area (Å²) in [6.07, 6.45) is 3.97. The zero-order valence-corrected chi connectivity index (χ0v) is 23.9. The fourth-order valence-electron chi connectivity index (χ4n) is 6.60. The highest BCUT2D eigenvalue weighted by Gasteiger charge is 2.49. The van der Waals surface area contributed by atoms with Crippen LogP contribution in [0.25, 0.3) is 10.9 Å². The van der Waals surface area contributed by atoms with Crippen molar-refractivity contribution in [2.24, 2.45) is 17.3 Å². The molecule has 9 heteroatoms. The van der Waals surface area contributed by atoms with Gasteiger partial charge in [-0.3, -0.25) is 4.79 Å². The highest BCUT2D eigenvalue weighted by atomic mass is 35.5. The summed E-state index contributed by atoms with van der Waals surface area (Å²) in [4.78, 5) is 26.3. The van der Waals surface area contributed by atoms with Crippen molar-refractivity contribution in [1.29, 1.82) is 0 Å². The van der Waals surface area contributed by atoms with Crippen LogP contribution < -0.4 is 10.2 Å². The molecule has 1 saturated carbocycles. The van der Waals surface area contributed by atoms with E-state index in [0.29, 0.717) is 27.9 Å². The Bertz CT molecular complexity index is 1390. The molecule has 3 aliphatic rings. The molecule has 3 fully saturated rings. The normalized spacial score (nSPS) is 26.6. The molecule has 2 aliphatic heterocycles. The van der Waals surface area contributed by atoms with Gasteiger partial charge in [0, 0.05) is 41.1 Å². The van der Waals surface area contributed by atoms with E-state index in [4.69, 9.17) is 33.2 Å². The Kier molecular flexibility index (Phi) is 7.11. The zero-order chi connectivity index (χ0) is 27.3.